The van der Waals surface area contributed by atoms with E-state index in [1.165, 1.54) is 25.7 Å². The summed E-state index contributed by atoms with van der Waals surface area (Å²) in [4.78, 5) is 2.48. The zero-order valence-corrected chi connectivity index (χ0v) is 17.1. The van der Waals surface area contributed by atoms with Crippen LogP contribution < -0.4 is 10.6 Å². The molecule has 0 saturated carbocycles. The number of unbranched alkanes of at least 4 members (excludes halogenated alkanes) is 2. The molecule has 0 aliphatic rings. The van der Waals surface area contributed by atoms with Crippen molar-refractivity contribution in [2.24, 2.45) is 0 Å². The van der Waals surface area contributed by atoms with E-state index < -0.39 is 7.14 Å². The third kappa shape index (κ3) is 5.97. The SMILES string of the molecule is CCCCN(C/C=C/P(=O)(c1ccccc1)c1ccccc1)CCCC. The molecule has 0 N–H and O–H groups in total. The van der Waals surface area contributed by atoms with Crippen LogP contribution in [0.4, 0.5) is 0 Å². The molecule has 3 heteroatoms. The van der Waals surface area contributed by atoms with Crippen molar-refractivity contribution in [1.29, 1.82) is 0 Å². The van der Waals surface area contributed by atoms with Crippen molar-refractivity contribution in [2.75, 3.05) is 19.6 Å². The minimum absolute atomic E-state index is 0.865. The zero-order chi connectivity index (χ0) is 18.7. The van der Waals surface area contributed by atoms with E-state index >= 15 is 0 Å². The Hall–Kier alpha value is -1.63. The first-order valence-electron chi connectivity index (χ1n) is 9.81. The van der Waals surface area contributed by atoms with Crippen LogP contribution in [0.3, 0.4) is 0 Å². The number of hydrogen-bond donors (Lipinski definition) is 0. The van der Waals surface area contributed by atoms with Gasteiger partial charge in [0.1, 0.15) is 0 Å². The van der Waals surface area contributed by atoms with Gasteiger partial charge in [0.15, 0.2) is 7.14 Å². The fourth-order valence-electron chi connectivity index (χ4n) is 3.02. The zero-order valence-electron chi connectivity index (χ0n) is 16.2. The molecular formula is C23H32NOP. The molecule has 0 atom stereocenters. The third-order valence-corrected chi connectivity index (χ3v) is 7.38. The molecule has 0 aliphatic heterocycles. The Kier molecular flexibility index (Phi) is 8.88. The van der Waals surface area contributed by atoms with Crippen molar-refractivity contribution in [1.82, 2.24) is 4.90 Å². The van der Waals surface area contributed by atoms with E-state index in [0.29, 0.717) is 0 Å². The van der Waals surface area contributed by atoms with Crippen LogP contribution in [0.1, 0.15) is 39.5 Å². The number of benzene rings is 2. The largest absolute Gasteiger partial charge is 0.309 e. The van der Waals surface area contributed by atoms with Gasteiger partial charge in [0.25, 0.3) is 0 Å². The summed E-state index contributed by atoms with van der Waals surface area (Å²) >= 11 is 0. The van der Waals surface area contributed by atoms with Crippen molar-refractivity contribution in [2.45, 2.75) is 39.5 Å². The Bertz CT molecular complexity index is 645. The molecule has 0 aliphatic carbocycles. The highest BCUT2D eigenvalue weighted by molar-refractivity contribution is 7.81. The first-order valence-corrected chi connectivity index (χ1v) is 11.6. The molecule has 0 fully saturated rings. The Morgan fingerprint density at radius 3 is 1.69 bits per heavy atom. The van der Waals surface area contributed by atoms with Gasteiger partial charge in [-0.2, -0.15) is 0 Å². The van der Waals surface area contributed by atoms with Crippen LogP contribution in [0.5, 0.6) is 0 Å². The predicted octanol–water partition coefficient (Wildman–Crippen LogP) is 5.42. The molecule has 0 unspecified atom stereocenters. The Balaban J connectivity index is 2.21. The van der Waals surface area contributed by atoms with Crippen LogP contribution in [0.15, 0.2) is 72.6 Å². The topological polar surface area (TPSA) is 20.3 Å². The second-order valence-electron chi connectivity index (χ2n) is 6.72. The standard InChI is InChI=1S/C23H32NOP/c1-3-5-18-24(19-6-4-2)20-13-21-26(25,22-14-9-7-10-15-22)23-16-11-8-12-17-23/h7-17,21H,3-6,18-20H2,1-2H3/b21-13+. The molecule has 0 heterocycles. The molecule has 2 rings (SSSR count). The van der Waals surface area contributed by atoms with Gasteiger partial charge in [0, 0.05) is 17.2 Å². The molecule has 0 radical (unpaired) electrons. The highest BCUT2D eigenvalue weighted by atomic mass is 31.2. The van der Waals surface area contributed by atoms with Gasteiger partial charge in [-0.15, -0.1) is 0 Å². The second-order valence-corrected chi connectivity index (χ2v) is 9.37. The summed E-state index contributed by atoms with van der Waals surface area (Å²) in [5.41, 5.74) is 0. The molecule has 2 aromatic carbocycles. The van der Waals surface area contributed by atoms with Crippen LogP contribution in [0, 0.1) is 0 Å². The molecule has 0 saturated heterocycles. The lowest BCUT2D eigenvalue weighted by molar-refractivity contribution is 0.292. The Morgan fingerprint density at radius 2 is 1.27 bits per heavy atom. The first kappa shape index (κ1) is 20.7. The third-order valence-electron chi connectivity index (χ3n) is 4.61. The lowest BCUT2D eigenvalue weighted by Crippen LogP contribution is -2.26. The fourth-order valence-corrected chi connectivity index (χ4v) is 5.29. The number of rotatable bonds is 11. The maximum absolute atomic E-state index is 13.9. The van der Waals surface area contributed by atoms with Crippen LogP contribution in [0.2, 0.25) is 0 Å². The van der Waals surface area contributed by atoms with Gasteiger partial charge in [-0.3, -0.25) is 4.90 Å². The molecule has 2 aromatic rings. The number of hydrogen-bond acceptors (Lipinski definition) is 2. The van der Waals surface area contributed by atoms with E-state index in [-0.39, 0.29) is 0 Å². The summed E-state index contributed by atoms with van der Waals surface area (Å²) in [5, 5.41) is 1.80. The Morgan fingerprint density at radius 1 is 0.808 bits per heavy atom. The summed E-state index contributed by atoms with van der Waals surface area (Å²) in [5.74, 6) is 1.96. The normalized spacial score (nSPS) is 12.1. The molecule has 0 bridgehead atoms. The first-order chi connectivity index (χ1) is 12.7. The quantitative estimate of drug-likeness (QED) is 0.493. The highest BCUT2D eigenvalue weighted by Crippen LogP contribution is 2.44. The summed E-state index contributed by atoms with van der Waals surface area (Å²) < 4.78 is 13.9. The smallest absolute Gasteiger partial charge is 0.163 e. The lowest BCUT2D eigenvalue weighted by atomic mass is 10.2. The Labute approximate surface area is 159 Å². The van der Waals surface area contributed by atoms with E-state index in [9.17, 15) is 4.57 Å². The van der Waals surface area contributed by atoms with Crippen molar-refractivity contribution in [3.05, 3.63) is 72.6 Å². The average molecular weight is 369 g/mol. The van der Waals surface area contributed by atoms with Gasteiger partial charge in [0.2, 0.25) is 0 Å². The number of nitrogens with zero attached hydrogens (tertiary/aromatic N) is 1. The van der Waals surface area contributed by atoms with E-state index in [1.807, 2.05) is 66.5 Å². The monoisotopic (exact) mass is 369 g/mol. The highest BCUT2D eigenvalue weighted by Gasteiger charge is 2.23. The van der Waals surface area contributed by atoms with Gasteiger partial charge < -0.3 is 4.57 Å². The maximum atomic E-state index is 13.9. The predicted molar refractivity (Wildman–Crippen MR) is 115 cm³/mol. The summed E-state index contributed by atoms with van der Waals surface area (Å²) in [6.45, 7) is 7.55. The van der Waals surface area contributed by atoms with Crippen LogP contribution in [-0.4, -0.2) is 24.5 Å². The van der Waals surface area contributed by atoms with Crippen LogP contribution in [-0.2, 0) is 4.57 Å². The van der Waals surface area contributed by atoms with Crippen molar-refractivity contribution in [3.63, 3.8) is 0 Å². The van der Waals surface area contributed by atoms with E-state index in [4.69, 9.17) is 0 Å². The summed E-state index contributed by atoms with van der Waals surface area (Å²) in [6, 6.07) is 19.7. The minimum atomic E-state index is -2.74. The molecule has 2 nitrogen and oxygen atoms in total. The van der Waals surface area contributed by atoms with Crippen molar-refractivity contribution >= 4 is 17.8 Å². The molecular weight excluding hydrogens is 337 g/mol. The van der Waals surface area contributed by atoms with Crippen molar-refractivity contribution in [3.8, 4) is 0 Å². The summed E-state index contributed by atoms with van der Waals surface area (Å²) in [7, 11) is -2.74. The fraction of sp³-hybridized carbons (Fsp3) is 0.391. The van der Waals surface area contributed by atoms with Gasteiger partial charge >= 0.3 is 0 Å². The lowest BCUT2D eigenvalue weighted by Gasteiger charge is -2.21. The van der Waals surface area contributed by atoms with Gasteiger partial charge in [-0.25, -0.2) is 0 Å². The molecule has 0 amide bonds. The molecule has 26 heavy (non-hydrogen) atoms. The van der Waals surface area contributed by atoms with Gasteiger partial charge in [0.05, 0.1) is 0 Å². The van der Waals surface area contributed by atoms with E-state index in [1.54, 1.807) is 0 Å². The van der Waals surface area contributed by atoms with Crippen molar-refractivity contribution < 1.29 is 4.57 Å². The molecule has 140 valence electrons. The van der Waals surface area contributed by atoms with E-state index in [0.717, 1.165) is 30.2 Å². The van der Waals surface area contributed by atoms with Crippen LogP contribution >= 0.6 is 7.14 Å². The van der Waals surface area contributed by atoms with Gasteiger partial charge in [-0.05, 0) is 31.7 Å². The molecule has 0 spiro atoms. The molecule has 0 aromatic heterocycles. The van der Waals surface area contributed by atoms with Crippen LogP contribution in [0.25, 0.3) is 0 Å². The summed E-state index contributed by atoms with van der Waals surface area (Å²) in [6.07, 6.45) is 6.96. The van der Waals surface area contributed by atoms with E-state index in [2.05, 4.69) is 24.8 Å². The average Bonchev–Trinajstić information content (AvgIpc) is 2.70. The minimum Gasteiger partial charge on any atom is -0.309 e. The second kappa shape index (κ2) is 11.2. The maximum Gasteiger partial charge on any atom is 0.163 e. The van der Waals surface area contributed by atoms with Gasteiger partial charge in [-0.1, -0.05) is 93.4 Å².